The first-order chi connectivity index (χ1) is 13.4. The summed E-state index contributed by atoms with van der Waals surface area (Å²) < 4.78 is 30.0. The molecule has 28 heavy (non-hydrogen) atoms. The third-order valence-electron chi connectivity index (χ3n) is 4.80. The summed E-state index contributed by atoms with van der Waals surface area (Å²) in [4.78, 5) is 0. The van der Waals surface area contributed by atoms with Crippen LogP contribution in [0.4, 0.5) is 0 Å². The Labute approximate surface area is 172 Å². The maximum Gasteiger partial charge on any atom is 0.500 e. The number of hydrogen-bond acceptors (Lipinski definition) is 5. The quantitative estimate of drug-likeness (QED) is 0.435. The molecule has 1 heterocycles. The van der Waals surface area contributed by atoms with Crippen LogP contribution in [-0.2, 0) is 31.0 Å². The van der Waals surface area contributed by atoms with Crippen molar-refractivity contribution in [3.05, 3.63) is 29.3 Å². The van der Waals surface area contributed by atoms with Gasteiger partial charge in [-0.3, -0.25) is 0 Å². The zero-order valence-electron chi connectivity index (χ0n) is 18.5. The van der Waals surface area contributed by atoms with E-state index in [9.17, 15) is 0 Å². The third kappa shape index (κ3) is 6.56. The lowest BCUT2D eigenvalue weighted by atomic mass is 10.0. The van der Waals surface area contributed by atoms with Gasteiger partial charge < -0.3 is 22.8 Å². The lowest BCUT2D eigenvalue weighted by molar-refractivity contribution is -0.202. The molecule has 6 heteroatoms. The van der Waals surface area contributed by atoms with Crippen LogP contribution in [0.5, 0.6) is 5.75 Å². The van der Waals surface area contributed by atoms with Gasteiger partial charge in [0, 0.05) is 44.8 Å². The highest BCUT2D eigenvalue weighted by molar-refractivity contribution is 6.60. The van der Waals surface area contributed by atoms with E-state index in [1.807, 2.05) is 27.7 Å². The van der Waals surface area contributed by atoms with Gasteiger partial charge in [0.25, 0.3) is 0 Å². The van der Waals surface area contributed by atoms with Gasteiger partial charge in [0.05, 0.1) is 6.61 Å². The highest BCUT2D eigenvalue weighted by Gasteiger charge is 2.39. The first kappa shape index (κ1) is 23.4. The van der Waals surface area contributed by atoms with Crippen molar-refractivity contribution in [2.24, 2.45) is 5.92 Å². The van der Waals surface area contributed by atoms with Crippen LogP contribution in [0.25, 0.3) is 0 Å². The van der Waals surface area contributed by atoms with Crippen molar-refractivity contribution in [1.82, 2.24) is 0 Å². The molecule has 0 aliphatic carbocycles. The molecule has 160 valence electrons. The van der Waals surface area contributed by atoms with E-state index in [0.717, 1.165) is 36.6 Å². The molecule has 1 aliphatic rings. The summed E-state index contributed by atoms with van der Waals surface area (Å²) in [6, 6.07) is 7.28. The van der Waals surface area contributed by atoms with Gasteiger partial charge in [0.1, 0.15) is 5.75 Å². The van der Waals surface area contributed by atoms with Crippen LogP contribution in [0.3, 0.4) is 0 Å². The summed E-state index contributed by atoms with van der Waals surface area (Å²) in [7, 11) is -2.56. The second-order valence-electron chi connectivity index (χ2n) is 7.90. The van der Waals surface area contributed by atoms with Crippen LogP contribution >= 0.6 is 0 Å². The van der Waals surface area contributed by atoms with Crippen LogP contribution in [0, 0.1) is 5.92 Å². The highest BCUT2D eigenvalue weighted by Crippen LogP contribution is 2.35. The Kier molecular flexibility index (Phi) is 8.96. The van der Waals surface area contributed by atoms with Crippen LogP contribution in [0.1, 0.15) is 65.5 Å². The predicted molar refractivity (Wildman–Crippen MR) is 113 cm³/mol. The van der Waals surface area contributed by atoms with Gasteiger partial charge in [0.15, 0.2) is 0 Å². The Morgan fingerprint density at radius 1 is 1.07 bits per heavy atom. The average molecular weight is 411 g/mol. The van der Waals surface area contributed by atoms with Crippen LogP contribution in [0.15, 0.2) is 18.2 Å². The second-order valence-corrected chi connectivity index (χ2v) is 10.6. The molecule has 1 aromatic carbocycles. The van der Waals surface area contributed by atoms with Crippen molar-refractivity contribution in [1.29, 1.82) is 0 Å². The minimum absolute atomic E-state index is 0.524. The second kappa shape index (κ2) is 10.7. The molecular weight excluding hydrogens is 372 g/mol. The minimum Gasteiger partial charge on any atom is -0.462 e. The first-order valence-corrected chi connectivity index (χ1v) is 12.6. The maximum atomic E-state index is 6.16. The van der Waals surface area contributed by atoms with E-state index >= 15 is 0 Å². The molecule has 0 saturated carbocycles. The fourth-order valence-electron chi connectivity index (χ4n) is 3.85. The van der Waals surface area contributed by atoms with Gasteiger partial charge in [-0.2, -0.15) is 0 Å². The van der Waals surface area contributed by atoms with Crippen molar-refractivity contribution in [2.45, 2.75) is 79.2 Å². The lowest BCUT2D eigenvalue weighted by Crippen LogP contribution is -2.46. The van der Waals surface area contributed by atoms with Gasteiger partial charge in [-0.25, -0.2) is 0 Å². The Balaban J connectivity index is 1.97. The predicted octanol–water partition coefficient (Wildman–Crippen LogP) is 5.34. The molecule has 0 bridgehead atoms. The average Bonchev–Trinajstić information content (AvgIpc) is 2.61. The zero-order valence-corrected chi connectivity index (χ0v) is 19.5. The zero-order chi connectivity index (χ0) is 20.6. The first-order valence-electron chi connectivity index (χ1n) is 10.7. The van der Waals surface area contributed by atoms with E-state index in [0.29, 0.717) is 32.3 Å². The number of fused-ring (bicyclic) bond motifs is 1. The molecule has 1 aliphatic heterocycles. The molecule has 0 amide bonds. The minimum atomic E-state index is -2.56. The molecule has 1 atom stereocenters. The van der Waals surface area contributed by atoms with Crippen LogP contribution < -0.4 is 4.74 Å². The molecule has 1 unspecified atom stereocenters. The van der Waals surface area contributed by atoms with E-state index in [1.54, 1.807) is 0 Å². The topological polar surface area (TPSA) is 46.2 Å². The Morgan fingerprint density at radius 2 is 1.71 bits per heavy atom. The van der Waals surface area contributed by atoms with E-state index in [1.165, 1.54) is 5.56 Å². The number of rotatable bonds is 12. The summed E-state index contributed by atoms with van der Waals surface area (Å²) in [5.41, 5.74) is 2.41. The van der Waals surface area contributed by atoms with E-state index < -0.39 is 14.6 Å². The van der Waals surface area contributed by atoms with Gasteiger partial charge in [0.2, 0.25) is 5.79 Å². The number of hydrogen-bond donors (Lipinski definition) is 0. The molecule has 0 spiro atoms. The smallest absolute Gasteiger partial charge is 0.462 e. The Morgan fingerprint density at radius 3 is 2.29 bits per heavy atom. The van der Waals surface area contributed by atoms with E-state index in [2.05, 4.69) is 32.0 Å². The third-order valence-corrected chi connectivity index (χ3v) is 7.96. The van der Waals surface area contributed by atoms with Gasteiger partial charge in [-0.1, -0.05) is 19.9 Å². The molecule has 0 radical (unpaired) electrons. The molecule has 0 aromatic heterocycles. The largest absolute Gasteiger partial charge is 0.500 e. The van der Waals surface area contributed by atoms with Gasteiger partial charge in [-0.05, 0) is 57.2 Å². The number of benzene rings is 1. The fraction of sp³-hybridized carbons (Fsp3) is 0.727. The maximum absolute atomic E-state index is 6.16. The summed E-state index contributed by atoms with van der Waals surface area (Å²) in [5.74, 6) is 0.941. The molecule has 0 fully saturated rings. The summed E-state index contributed by atoms with van der Waals surface area (Å²) in [5, 5.41) is 0. The number of ether oxygens (including phenoxy) is 2. The fourth-order valence-corrected chi connectivity index (χ4v) is 6.46. The van der Waals surface area contributed by atoms with Crippen molar-refractivity contribution in [3.63, 3.8) is 0 Å². The van der Waals surface area contributed by atoms with Crippen molar-refractivity contribution in [3.8, 4) is 5.75 Å². The van der Waals surface area contributed by atoms with Gasteiger partial charge in [-0.15, -0.1) is 0 Å². The summed E-state index contributed by atoms with van der Waals surface area (Å²) >= 11 is 0. The Hall–Kier alpha value is -0.923. The van der Waals surface area contributed by atoms with Crippen molar-refractivity contribution in [2.75, 3.05) is 19.8 Å². The SMILES string of the molecule is CCO[Si](CCCc1ccc2c(c1)COC(C)(CC(C)C)O2)(OCC)OCC. The molecular formula is C22H38O5Si. The summed E-state index contributed by atoms with van der Waals surface area (Å²) in [6.45, 7) is 14.9. The molecule has 1 aromatic rings. The lowest BCUT2D eigenvalue weighted by Gasteiger charge is -2.37. The van der Waals surface area contributed by atoms with Crippen LogP contribution in [0.2, 0.25) is 6.04 Å². The Bertz CT molecular complexity index is 590. The molecule has 2 rings (SSSR count). The van der Waals surface area contributed by atoms with Gasteiger partial charge >= 0.3 is 8.80 Å². The normalized spacial score (nSPS) is 19.5. The van der Waals surface area contributed by atoms with Crippen molar-refractivity contribution >= 4 is 8.80 Å². The highest BCUT2D eigenvalue weighted by atomic mass is 28.4. The van der Waals surface area contributed by atoms with Crippen LogP contribution in [-0.4, -0.2) is 34.4 Å². The standard InChI is InChI=1S/C22H38O5Si/c1-7-24-28(25-8-2,26-9-3)14-10-11-19-12-13-21-20(15-19)17-23-22(6,27-21)16-18(4)5/h12-13,15,18H,7-11,14,16-17H2,1-6H3. The van der Waals surface area contributed by atoms with Crippen molar-refractivity contribution < 1.29 is 22.8 Å². The van der Waals surface area contributed by atoms with E-state index in [4.69, 9.17) is 22.8 Å². The summed E-state index contributed by atoms with van der Waals surface area (Å²) in [6.07, 6.45) is 2.81. The molecule has 5 nitrogen and oxygen atoms in total. The monoisotopic (exact) mass is 410 g/mol. The molecule has 0 N–H and O–H groups in total. The van der Waals surface area contributed by atoms with E-state index in [-0.39, 0.29) is 0 Å². The molecule has 0 saturated heterocycles. The number of aryl methyl sites for hydroxylation is 1.